The van der Waals surface area contributed by atoms with Crippen LogP contribution in [-0.2, 0) is 14.3 Å². The molecule has 5 rings (SSSR count). The summed E-state index contributed by atoms with van der Waals surface area (Å²) in [7, 11) is 0. The Morgan fingerprint density at radius 3 is 2.46 bits per heavy atom. The number of aliphatic hydroxyl groups is 3. The van der Waals surface area contributed by atoms with E-state index in [9.17, 15) is 33.3 Å². The molecule has 1 aromatic carbocycles. The van der Waals surface area contributed by atoms with Crippen molar-refractivity contribution in [1.82, 2.24) is 10.6 Å². The Labute approximate surface area is 285 Å². The lowest BCUT2D eigenvalue weighted by atomic mass is 9.87. The number of thioether (sulfide) groups is 1. The average molecular weight is 704 g/mol. The number of fused-ring (bicyclic) bond motifs is 3. The summed E-state index contributed by atoms with van der Waals surface area (Å²) in [5, 5.41) is 38.5. The quantitative estimate of drug-likeness (QED) is 0.106. The number of ether oxygens (including phenoxy) is 2. The first-order chi connectivity index (χ1) is 22.8. The number of anilines is 1. The Morgan fingerprint density at radius 2 is 1.77 bits per heavy atom. The van der Waals surface area contributed by atoms with Crippen LogP contribution in [0.15, 0.2) is 36.7 Å². The van der Waals surface area contributed by atoms with Gasteiger partial charge in [-0.1, -0.05) is 46.3 Å². The Bertz CT molecular complexity index is 1230. The first-order valence-corrected chi connectivity index (χ1v) is 17.5. The van der Waals surface area contributed by atoms with Crippen LogP contribution in [-0.4, -0.2) is 88.2 Å². The zero-order chi connectivity index (χ0) is 35.5. The molecule has 15 heteroatoms. The van der Waals surface area contributed by atoms with Gasteiger partial charge < -0.3 is 41.2 Å². The molecule has 0 radical (unpaired) electrons. The van der Waals surface area contributed by atoms with Crippen molar-refractivity contribution >= 4 is 23.4 Å². The van der Waals surface area contributed by atoms with Crippen LogP contribution in [0.3, 0.4) is 0 Å². The van der Waals surface area contributed by atoms with Crippen molar-refractivity contribution in [2.24, 2.45) is 29.3 Å². The van der Waals surface area contributed by atoms with Crippen LogP contribution in [0.1, 0.15) is 53.4 Å². The second kappa shape index (κ2) is 19.1. The lowest BCUT2D eigenvalue weighted by Crippen LogP contribution is -2.65. The second-order valence-electron chi connectivity index (χ2n) is 13.1. The summed E-state index contributed by atoms with van der Waals surface area (Å²) < 4.78 is 50.2. The molecule has 48 heavy (non-hydrogen) atoms. The van der Waals surface area contributed by atoms with E-state index in [-0.39, 0.29) is 23.6 Å². The molecule has 10 atom stereocenters. The van der Waals surface area contributed by atoms with Gasteiger partial charge in [-0.15, -0.1) is 11.8 Å². The standard InChI is InChI=1S/C21H34N2O6S.C8H8F3N3.C4H10/c1-11-6-3-5-9-30-21-17(26)15(24)16(25)19(29-21)13(11)23-20(27)14-18-12(10-22-14)7-2-4-8-28-18;9-5-3-7(11)8(4-6(5)10)14(13)2-1-12;1-4(2)3/h3,6,11-19,21-22,24-26H,2,4-5,7-10H2,1H3,(H,23,27);1-4H,12-13H2;4H,1-3H3/b6-3-;2-1-;/t11?,12?,13-,14?,15?,16?,17?,18?,19?,21?;;/m1../s1. The fraction of sp³-hybridized carbons (Fsp3) is 0.667. The highest BCUT2D eigenvalue weighted by molar-refractivity contribution is 7.99. The lowest BCUT2D eigenvalue weighted by molar-refractivity contribution is -0.207. The van der Waals surface area contributed by atoms with Crippen molar-refractivity contribution in [2.45, 2.75) is 101 Å². The van der Waals surface area contributed by atoms with Gasteiger partial charge in [-0.05, 0) is 42.8 Å². The SMILES string of the molecule is CC(C)C.CC1/C=C\CCSC2OC(C(O)C(O)C2O)[C@@H]1NC(=O)C1NCC2CCCCOC21.N/C=C\N(N)c1cc(F)c(F)cc1F. The van der Waals surface area contributed by atoms with Gasteiger partial charge in [-0.2, -0.15) is 0 Å². The molecule has 3 fully saturated rings. The largest absolute Gasteiger partial charge is 0.403 e. The van der Waals surface area contributed by atoms with Crippen molar-refractivity contribution in [3.8, 4) is 0 Å². The van der Waals surface area contributed by atoms with E-state index in [1.165, 1.54) is 11.8 Å². The molecular weight excluding hydrogens is 651 g/mol. The molecule has 9 N–H and O–H groups in total. The van der Waals surface area contributed by atoms with Crippen molar-refractivity contribution in [1.29, 1.82) is 0 Å². The minimum atomic E-state index is -1.32. The third-order valence-corrected chi connectivity index (χ3v) is 9.50. The van der Waals surface area contributed by atoms with E-state index in [1.54, 1.807) is 0 Å². The minimum absolute atomic E-state index is 0.118. The second-order valence-corrected chi connectivity index (χ2v) is 14.3. The van der Waals surface area contributed by atoms with Gasteiger partial charge in [-0.3, -0.25) is 9.80 Å². The molecule has 3 saturated heterocycles. The summed E-state index contributed by atoms with van der Waals surface area (Å²) in [6.45, 7) is 9.89. The normalized spacial score (nSPS) is 34.1. The molecular formula is C33H52F3N5O6S. The predicted octanol–water partition coefficient (Wildman–Crippen LogP) is 2.64. The van der Waals surface area contributed by atoms with Crippen molar-refractivity contribution in [3.05, 3.63) is 54.1 Å². The number of nitrogens with zero attached hydrogens (tertiary/aromatic N) is 1. The van der Waals surface area contributed by atoms with Gasteiger partial charge in [0.2, 0.25) is 5.91 Å². The molecule has 4 aliphatic heterocycles. The molecule has 1 amide bonds. The Hall–Kier alpha value is -2.37. The number of nitrogens with one attached hydrogen (secondary N) is 2. The first kappa shape index (κ1) is 40.1. The molecule has 0 saturated carbocycles. The summed E-state index contributed by atoms with van der Waals surface area (Å²) in [4.78, 5) is 13.3. The molecule has 0 aromatic heterocycles. The lowest BCUT2D eigenvalue weighted by Gasteiger charge is -2.45. The van der Waals surface area contributed by atoms with Crippen molar-refractivity contribution in [3.63, 3.8) is 0 Å². The van der Waals surface area contributed by atoms with Gasteiger partial charge in [0.25, 0.3) is 0 Å². The number of amides is 1. The van der Waals surface area contributed by atoms with Crippen LogP contribution in [0.5, 0.6) is 0 Å². The number of carbonyl (C=O) groups is 1. The molecule has 11 nitrogen and oxygen atoms in total. The van der Waals surface area contributed by atoms with Crippen molar-refractivity contribution in [2.75, 3.05) is 23.9 Å². The fourth-order valence-corrected chi connectivity index (χ4v) is 6.96. The van der Waals surface area contributed by atoms with Crippen LogP contribution >= 0.6 is 11.8 Å². The van der Waals surface area contributed by atoms with Crippen LogP contribution in [0.2, 0.25) is 0 Å². The van der Waals surface area contributed by atoms with E-state index < -0.39 is 59.4 Å². The van der Waals surface area contributed by atoms with Crippen LogP contribution in [0, 0.1) is 35.2 Å². The number of hydrazine groups is 1. The summed E-state index contributed by atoms with van der Waals surface area (Å²) >= 11 is 1.41. The monoisotopic (exact) mass is 703 g/mol. The Morgan fingerprint density at radius 1 is 1.08 bits per heavy atom. The summed E-state index contributed by atoms with van der Waals surface area (Å²) in [6.07, 6.45) is 5.45. The van der Waals surface area contributed by atoms with Crippen LogP contribution in [0.4, 0.5) is 18.9 Å². The van der Waals surface area contributed by atoms with Gasteiger partial charge in [0.05, 0.1) is 17.8 Å². The highest BCUT2D eigenvalue weighted by Crippen LogP contribution is 2.34. The molecule has 4 aliphatic rings. The van der Waals surface area contributed by atoms with Crippen LogP contribution in [0.25, 0.3) is 0 Å². The molecule has 1 aromatic rings. The summed E-state index contributed by atoms with van der Waals surface area (Å²) in [6, 6.07) is 0.0688. The number of hydrogen-bond donors (Lipinski definition) is 7. The summed E-state index contributed by atoms with van der Waals surface area (Å²) in [5.41, 5.74) is 4.04. The fourth-order valence-electron chi connectivity index (χ4n) is 5.89. The maximum absolute atomic E-state index is 13.3. The average Bonchev–Trinajstić information content (AvgIpc) is 3.29. The molecule has 272 valence electrons. The van der Waals surface area contributed by atoms with E-state index in [0.717, 1.165) is 61.3 Å². The number of hydrogen-bond acceptors (Lipinski definition) is 11. The van der Waals surface area contributed by atoms with Crippen LogP contribution < -0.4 is 27.2 Å². The smallest absolute Gasteiger partial charge is 0.240 e. The van der Waals surface area contributed by atoms with Gasteiger partial charge in [0.15, 0.2) is 17.5 Å². The Balaban J connectivity index is 0.000000289. The number of carbonyl (C=O) groups excluding carboxylic acids is 1. The highest BCUT2D eigenvalue weighted by atomic mass is 32.2. The van der Waals surface area contributed by atoms with Gasteiger partial charge in [0.1, 0.15) is 35.9 Å². The van der Waals surface area contributed by atoms with E-state index >= 15 is 0 Å². The van der Waals surface area contributed by atoms with Gasteiger partial charge in [-0.25, -0.2) is 19.0 Å². The number of allylic oxidation sites excluding steroid dienone is 1. The van der Waals surface area contributed by atoms with Gasteiger partial charge in [0, 0.05) is 37.7 Å². The number of aliphatic hydroxyl groups excluding tert-OH is 3. The zero-order valence-corrected chi connectivity index (χ0v) is 28.8. The summed E-state index contributed by atoms with van der Waals surface area (Å²) in [5.74, 6) is 3.46. The van der Waals surface area contributed by atoms with E-state index in [4.69, 9.17) is 21.1 Å². The molecule has 4 heterocycles. The highest BCUT2D eigenvalue weighted by Gasteiger charge is 2.49. The predicted molar refractivity (Wildman–Crippen MR) is 180 cm³/mol. The Kier molecular flexibility index (Phi) is 16.0. The number of benzene rings is 1. The minimum Gasteiger partial charge on any atom is -0.403 e. The number of halogens is 3. The molecule has 0 spiro atoms. The molecule has 9 unspecified atom stereocenters. The van der Waals surface area contributed by atoms with E-state index in [1.807, 2.05) is 13.0 Å². The molecule has 2 bridgehead atoms. The van der Waals surface area contributed by atoms with E-state index in [0.29, 0.717) is 24.7 Å². The van der Waals surface area contributed by atoms with Gasteiger partial charge >= 0.3 is 0 Å². The number of nitrogens with two attached hydrogens (primary N) is 2. The van der Waals surface area contributed by atoms with E-state index in [2.05, 4.69) is 37.5 Å². The maximum atomic E-state index is 13.3. The first-order valence-electron chi connectivity index (χ1n) is 16.5. The third kappa shape index (κ3) is 10.8. The third-order valence-electron chi connectivity index (χ3n) is 8.31. The number of rotatable bonds is 4. The van der Waals surface area contributed by atoms with Crippen molar-refractivity contribution < 1.29 is 42.8 Å². The zero-order valence-electron chi connectivity index (χ0n) is 28.0. The maximum Gasteiger partial charge on any atom is 0.240 e. The topological polar surface area (TPSA) is 176 Å². The molecule has 0 aliphatic carbocycles.